The van der Waals surface area contributed by atoms with Crippen LogP contribution >= 0.6 is 0 Å². The molecular formula is C14H15NO2. The van der Waals surface area contributed by atoms with Crippen molar-refractivity contribution in [3.05, 3.63) is 48.2 Å². The highest BCUT2D eigenvalue weighted by molar-refractivity contribution is 5.67. The van der Waals surface area contributed by atoms with E-state index in [1.165, 1.54) is 0 Å². The minimum absolute atomic E-state index is 0.173. The number of aliphatic carboxylic acids is 1. The molecule has 1 heterocycles. The molecule has 2 rings (SSSR count). The van der Waals surface area contributed by atoms with Gasteiger partial charge in [0.15, 0.2) is 0 Å². The minimum atomic E-state index is -0.757. The Kier molecular flexibility index (Phi) is 3.28. The number of carboxylic acid groups (broad SMARTS) is 1. The zero-order chi connectivity index (χ0) is 12.3. The fraction of sp³-hybridized carbons (Fsp3) is 0.214. The van der Waals surface area contributed by atoms with Crippen LogP contribution in [0.25, 0.3) is 11.3 Å². The molecule has 0 bridgehead atoms. The van der Waals surface area contributed by atoms with Crippen LogP contribution in [0.5, 0.6) is 0 Å². The third-order valence-electron chi connectivity index (χ3n) is 2.89. The third-order valence-corrected chi connectivity index (χ3v) is 2.89. The van der Waals surface area contributed by atoms with Crippen molar-refractivity contribution in [2.24, 2.45) is 7.05 Å². The SMILES string of the molecule is Cn1c(CCC(=O)O)ccc1-c1ccccc1. The Morgan fingerprint density at radius 2 is 1.88 bits per heavy atom. The van der Waals surface area contributed by atoms with Crippen LogP contribution in [0.4, 0.5) is 0 Å². The second-order valence-corrected chi connectivity index (χ2v) is 4.03. The second kappa shape index (κ2) is 4.87. The molecule has 0 saturated carbocycles. The lowest BCUT2D eigenvalue weighted by Gasteiger charge is -2.07. The number of carboxylic acids is 1. The molecule has 0 aliphatic heterocycles. The minimum Gasteiger partial charge on any atom is -0.481 e. The summed E-state index contributed by atoms with van der Waals surface area (Å²) >= 11 is 0. The summed E-state index contributed by atoms with van der Waals surface area (Å²) in [5.74, 6) is -0.757. The smallest absolute Gasteiger partial charge is 0.303 e. The molecule has 0 aliphatic rings. The number of nitrogens with zero attached hydrogens (tertiary/aromatic N) is 1. The van der Waals surface area contributed by atoms with Gasteiger partial charge in [-0.25, -0.2) is 0 Å². The molecule has 0 radical (unpaired) electrons. The number of hydrogen-bond donors (Lipinski definition) is 1. The van der Waals surface area contributed by atoms with Crippen LogP contribution in [-0.4, -0.2) is 15.6 Å². The molecule has 17 heavy (non-hydrogen) atoms. The molecule has 0 saturated heterocycles. The first-order valence-corrected chi connectivity index (χ1v) is 5.60. The van der Waals surface area contributed by atoms with E-state index in [-0.39, 0.29) is 6.42 Å². The van der Waals surface area contributed by atoms with Crippen molar-refractivity contribution in [3.63, 3.8) is 0 Å². The molecule has 0 spiro atoms. The highest BCUT2D eigenvalue weighted by Crippen LogP contribution is 2.21. The van der Waals surface area contributed by atoms with Crippen molar-refractivity contribution in [1.82, 2.24) is 4.57 Å². The maximum absolute atomic E-state index is 10.6. The quantitative estimate of drug-likeness (QED) is 0.875. The van der Waals surface area contributed by atoms with E-state index in [9.17, 15) is 4.79 Å². The molecule has 0 atom stereocenters. The Morgan fingerprint density at radius 1 is 1.18 bits per heavy atom. The zero-order valence-electron chi connectivity index (χ0n) is 9.76. The summed E-state index contributed by atoms with van der Waals surface area (Å²) in [5.41, 5.74) is 3.31. The molecule has 1 N–H and O–H groups in total. The van der Waals surface area contributed by atoms with Crippen molar-refractivity contribution >= 4 is 5.97 Å². The van der Waals surface area contributed by atoms with Crippen LogP contribution in [0.2, 0.25) is 0 Å². The topological polar surface area (TPSA) is 42.2 Å². The van der Waals surface area contributed by atoms with Crippen molar-refractivity contribution < 1.29 is 9.90 Å². The van der Waals surface area contributed by atoms with E-state index in [0.717, 1.165) is 17.0 Å². The summed E-state index contributed by atoms with van der Waals surface area (Å²) in [6.45, 7) is 0. The summed E-state index contributed by atoms with van der Waals surface area (Å²) < 4.78 is 2.05. The monoisotopic (exact) mass is 229 g/mol. The first-order valence-electron chi connectivity index (χ1n) is 5.60. The van der Waals surface area contributed by atoms with Crippen LogP contribution in [0.15, 0.2) is 42.5 Å². The second-order valence-electron chi connectivity index (χ2n) is 4.03. The van der Waals surface area contributed by atoms with Gasteiger partial charge in [0.25, 0.3) is 0 Å². The Bertz CT molecular complexity index is 514. The maximum Gasteiger partial charge on any atom is 0.303 e. The van der Waals surface area contributed by atoms with E-state index in [1.54, 1.807) is 0 Å². The third kappa shape index (κ3) is 2.56. The molecule has 0 fully saturated rings. The van der Waals surface area contributed by atoms with Crippen molar-refractivity contribution in [2.45, 2.75) is 12.8 Å². The Balaban J connectivity index is 2.24. The van der Waals surface area contributed by atoms with Crippen LogP contribution in [0, 0.1) is 0 Å². The van der Waals surface area contributed by atoms with Gasteiger partial charge in [0.2, 0.25) is 0 Å². The van der Waals surface area contributed by atoms with Crippen LogP contribution in [0.3, 0.4) is 0 Å². The van der Waals surface area contributed by atoms with E-state index >= 15 is 0 Å². The van der Waals surface area contributed by atoms with Crippen LogP contribution in [-0.2, 0) is 18.3 Å². The van der Waals surface area contributed by atoms with Crippen LogP contribution < -0.4 is 0 Å². The lowest BCUT2D eigenvalue weighted by molar-refractivity contribution is -0.136. The average molecular weight is 229 g/mol. The predicted molar refractivity (Wildman–Crippen MR) is 66.8 cm³/mol. The standard InChI is InChI=1S/C14H15NO2/c1-15-12(8-10-14(16)17)7-9-13(15)11-5-3-2-4-6-11/h2-7,9H,8,10H2,1H3,(H,16,17). The maximum atomic E-state index is 10.6. The molecule has 1 aromatic heterocycles. The highest BCUT2D eigenvalue weighted by atomic mass is 16.4. The van der Waals surface area contributed by atoms with Gasteiger partial charge in [-0.05, 0) is 24.1 Å². The molecule has 3 heteroatoms. The molecule has 0 unspecified atom stereocenters. The van der Waals surface area contributed by atoms with Gasteiger partial charge in [0.1, 0.15) is 0 Å². The molecule has 2 aromatic rings. The van der Waals surface area contributed by atoms with Gasteiger partial charge in [-0.1, -0.05) is 30.3 Å². The van der Waals surface area contributed by atoms with Gasteiger partial charge in [-0.15, -0.1) is 0 Å². The summed E-state index contributed by atoms with van der Waals surface area (Å²) in [7, 11) is 1.97. The van der Waals surface area contributed by atoms with E-state index in [0.29, 0.717) is 6.42 Å². The van der Waals surface area contributed by atoms with Crippen molar-refractivity contribution in [3.8, 4) is 11.3 Å². The Labute approximate surface area is 100 Å². The van der Waals surface area contributed by atoms with Gasteiger partial charge in [0, 0.05) is 18.4 Å². The molecule has 0 amide bonds. The fourth-order valence-corrected chi connectivity index (χ4v) is 1.94. The first kappa shape index (κ1) is 11.5. The summed E-state index contributed by atoms with van der Waals surface area (Å²) in [5, 5.41) is 8.68. The highest BCUT2D eigenvalue weighted by Gasteiger charge is 2.07. The van der Waals surface area contributed by atoms with E-state index in [2.05, 4.69) is 16.7 Å². The van der Waals surface area contributed by atoms with E-state index < -0.39 is 5.97 Å². The summed E-state index contributed by atoms with van der Waals surface area (Å²) in [6, 6.07) is 14.1. The normalized spacial score (nSPS) is 10.4. The average Bonchev–Trinajstić information content (AvgIpc) is 2.69. The zero-order valence-corrected chi connectivity index (χ0v) is 9.76. The molecular weight excluding hydrogens is 214 g/mol. The number of hydrogen-bond acceptors (Lipinski definition) is 1. The van der Waals surface area contributed by atoms with Crippen molar-refractivity contribution in [2.75, 3.05) is 0 Å². The first-order chi connectivity index (χ1) is 8.18. The number of carbonyl (C=O) groups is 1. The molecule has 3 nitrogen and oxygen atoms in total. The molecule has 88 valence electrons. The van der Waals surface area contributed by atoms with Gasteiger partial charge >= 0.3 is 5.97 Å². The van der Waals surface area contributed by atoms with Gasteiger partial charge in [-0.2, -0.15) is 0 Å². The predicted octanol–water partition coefficient (Wildman–Crippen LogP) is 2.71. The van der Waals surface area contributed by atoms with Gasteiger partial charge in [-0.3, -0.25) is 4.79 Å². The van der Waals surface area contributed by atoms with Gasteiger partial charge in [0.05, 0.1) is 6.42 Å². The Hall–Kier alpha value is -2.03. The van der Waals surface area contributed by atoms with Gasteiger partial charge < -0.3 is 9.67 Å². The summed E-state index contributed by atoms with van der Waals surface area (Å²) in [6.07, 6.45) is 0.741. The van der Waals surface area contributed by atoms with E-state index in [4.69, 9.17) is 5.11 Å². The van der Waals surface area contributed by atoms with Crippen molar-refractivity contribution in [1.29, 1.82) is 0 Å². The molecule has 1 aromatic carbocycles. The number of aromatic nitrogens is 1. The lowest BCUT2D eigenvalue weighted by atomic mass is 10.2. The molecule has 0 aliphatic carbocycles. The van der Waals surface area contributed by atoms with E-state index in [1.807, 2.05) is 37.4 Å². The van der Waals surface area contributed by atoms with Crippen LogP contribution in [0.1, 0.15) is 12.1 Å². The fourth-order valence-electron chi connectivity index (χ4n) is 1.94. The lowest BCUT2D eigenvalue weighted by Crippen LogP contribution is -2.02. The number of rotatable bonds is 4. The Morgan fingerprint density at radius 3 is 2.53 bits per heavy atom. The summed E-state index contributed by atoms with van der Waals surface area (Å²) in [4.78, 5) is 10.6. The number of benzene rings is 1. The number of aryl methyl sites for hydroxylation is 1. The largest absolute Gasteiger partial charge is 0.481 e.